The highest BCUT2D eigenvalue weighted by Crippen LogP contribution is 2.22. The van der Waals surface area contributed by atoms with Crippen LogP contribution in [-0.4, -0.2) is 35.6 Å². The van der Waals surface area contributed by atoms with E-state index in [1.54, 1.807) is 12.1 Å². The first-order valence-corrected chi connectivity index (χ1v) is 9.27. The zero-order valence-corrected chi connectivity index (χ0v) is 14.9. The van der Waals surface area contributed by atoms with E-state index in [2.05, 4.69) is 4.90 Å². The van der Waals surface area contributed by atoms with Gasteiger partial charge in [-0.05, 0) is 56.6 Å². The van der Waals surface area contributed by atoms with Gasteiger partial charge in [0.05, 0.1) is 6.04 Å². The van der Waals surface area contributed by atoms with Crippen LogP contribution in [0.4, 0.5) is 4.39 Å². The van der Waals surface area contributed by atoms with Gasteiger partial charge in [0.25, 0.3) is 0 Å². The number of Topliss-reactive ketones (excluding diaryl/α,β-unsaturated/α-hetero) is 2. The number of carbonyl (C=O) groups is 2. The van der Waals surface area contributed by atoms with Crippen molar-refractivity contribution in [1.29, 1.82) is 0 Å². The van der Waals surface area contributed by atoms with Crippen molar-refractivity contribution >= 4 is 11.6 Å². The molecule has 4 heteroatoms. The number of hydrogen-bond acceptors (Lipinski definition) is 3. The second-order valence-electron chi connectivity index (χ2n) is 6.81. The Labute approximate surface area is 153 Å². The van der Waals surface area contributed by atoms with Crippen molar-refractivity contribution in [3.63, 3.8) is 0 Å². The van der Waals surface area contributed by atoms with Crippen molar-refractivity contribution in [3.8, 4) is 0 Å². The fourth-order valence-electron chi connectivity index (χ4n) is 3.57. The van der Waals surface area contributed by atoms with Gasteiger partial charge in [-0.25, -0.2) is 4.39 Å². The Kier molecular flexibility index (Phi) is 6.29. The molecule has 26 heavy (non-hydrogen) atoms. The normalized spacial score (nSPS) is 17.8. The van der Waals surface area contributed by atoms with Gasteiger partial charge in [-0.2, -0.15) is 0 Å². The minimum Gasteiger partial charge on any atom is -0.294 e. The number of hydrogen-bond donors (Lipinski definition) is 0. The van der Waals surface area contributed by atoms with E-state index >= 15 is 0 Å². The second-order valence-corrected chi connectivity index (χ2v) is 6.81. The number of carbonyl (C=O) groups excluding carboxylic acids is 2. The molecule has 0 radical (unpaired) electrons. The minimum absolute atomic E-state index is 0.0547. The van der Waals surface area contributed by atoms with Crippen LogP contribution in [0.25, 0.3) is 0 Å². The fraction of sp³-hybridized carbons (Fsp3) is 0.364. The lowest BCUT2D eigenvalue weighted by atomic mass is 9.94. The zero-order valence-electron chi connectivity index (χ0n) is 14.9. The lowest BCUT2D eigenvalue weighted by molar-refractivity contribution is 0.0739. The molecule has 0 saturated carbocycles. The molecule has 0 spiro atoms. The molecule has 1 unspecified atom stereocenters. The van der Waals surface area contributed by atoms with Gasteiger partial charge in [0, 0.05) is 17.5 Å². The van der Waals surface area contributed by atoms with Gasteiger partial charge >= 0.3 is 0 Å². The minimum atomic E-state index is -0.332. The van der Waals surface area contributed by atoms with Gasteiger partial charge in [-0.15, -0.1) is 0 Å². The summed E-state index contributed by atoms with van der Waals surface area (Å²) in [5, 5.41) is 0. The number of rotatable bonds is 7. The molecule has 1 heterocycles. The molecular weight excluding hydrogens is 329 g/mol. The Morgan fingerprint density at radius 2 is 1.69 bits per heavy atom. The summed E-state index contributed by atoms with van der Waals surface area (Å²) in [4.78, 5) is 27.2. The summed E-state index contributed by atoms with van der Waals surface area (Å²) < 4.78 is 13.1. The lowest BCUT2D eigenvalue weighted by Gasteiger charge is -2.34. The summed E-state index contributed by atoms with van der Waals surface area (Å²) in [7, 11) is 0. The van der Waals surface area contributed by atoms with E-state index < -0.39 is 0 Å². The highest BCUT2D eigenvalue weighted by atomic mass is 19.1. The summed E-state index contributed by atoms with van der Waals surface area (Å²) in [6, 6.07) is 14.9. The Morgan fingerprint density at radius 3 is 2.42 bits per heavy atom. The third-order valence-corrected chi connectivity index (χ3v) is 4.99. The molecule has 3 nitrogen and oxygen atoms in total. The van der Waals surface area contributed by atoms with E-state index in [9.17, 15) is 14.0 Å². The van der Waals surface area contributed by atoms with Crippen molar-refractivity contribution in [2.75, 3.05) is 13.1 Å². The van der Waals surface area contributed by atoms with Gasteiger partial charge in [0.1, 0.15) is 5.82 Å². The van der Waals surface area contributed by atoms with E-state index in [0.717, 1.165) is 44.3 Å². The summed E-state index contributed by atoms with van der Waals surface area (Å²) in [5.41, 5.74) is 1.30. The van der Waals surface area contributed by atoms with Gasteiger partial charge in [-0.3, -0.25) is 14.5 Å². The maximum absolute atomic E-state index is 13.1. The third kappa shape index (κ3) is 4.64. The number of nitrogens with zero attached hydrogens (tertiary/aromatic N) is 1. The van der Waals surface area contributed by atoms with Crippen LogP contribution in [0.5, 0.6) is 0 Å². The van der Waals surface area contributed by atoms with Crippen LogP contribution in [-0.2, 0) is 0 Å². The SMILES string of the molecule is O=C(CCCN1CCCCC1C(=O)c1ccc(F)cc1)c1ccccc1. The number of benzene rings is 2. The molecule has 0 aromatic heterocycles. The molecule has 1 saturated heterocycles. The third-order valence-electron chi connectivity index (χ3n) is 4.99. The first-order valence-electron chi connectivity index (χ1n) is 9.27. The molecule has 0 amide bonds. The lowest BCUT2D eigenvalue weighted by Crippen LogP contribution is -2.45. The van der Waals surface area contributed by atoms with Crippen LogP contribution >= 0.6 is 0 Å². The molecule has 2 aromatic carbocycles. The summed E-state index contributed by atoms with van der Waals surface area (Å²) in [5.74, 6) is -0.135. The van der Waals surface area contributed by atoms with E-state index in [-0.39, 0.29) is 23.4 Å². The van der Waals surface area contributed by atoms with E-state index in [1.165, 1.54) is 12.1 Å². The molecule has 136 valence electrons. The topological polar surface area (TPSA) is 37.4 Å². The molecule has 2 aromatic rings. The van der Waals surface area contributed by atoms with E-state index in [4.69, 9.17) is 0 Å². The Morgan fingerprint density at radius 1 is 0.962 bits per heavy atom. The molecular formula is C22H24FNO2. The Hall–Kier alpha value is -2.33. The molecule has 1 atom stereocenters. The number of likely N-dealkylation sites (tertiary alicyclic amines) is 1. The monoisotopic (exact) mass is 353 g/mol. The maximum Gasteiger partial charge on any atom is 0.179 e. The highest BCUT2D eigenvalue weighted by Gasteiger charge is 2.29. The van der Waals surface area contributed by atoms with Gasteiger partial charge < -0.3 is 0 Å². The number of halogens is 1. The molecule has 1 aliphatic heterocycles. The smallest absolute Gasteiger partial charge is 0.179 e. The van der Waals surface area contributed by atoms with Crippen LogP contribution in [0.1, 0.15) is 52.8 Å². The van der Waals surface area contributed by atoms with Crippen molar-refractivity contribution in [3.05, 3.63) is 71.5 Å². The second kappa shape index (κ2) is 8.86. The van der Waals surface area contributed by atoms with Gasteiger partial charge in [0.2, 0.25) is 0 Å². The van der Waals surface area contributed by atoms with Crippen molar-refractivity contribution in [2.45, 2.75) is 38.1 Å². The van der Waals surface area contributed by atoms with Crippen LogP contribution in [0.15, 0.2) is 54.6 Å². The average molecular weight is 353 g/mol. The van der Waals surface area contributed by atoms with Gasteiger partial charge in [0.15, 0.2) is 11.6 Å². The molecule has 1 aliphatic rings. The van der Waals surface area contributed by atoms with Crippen LogP contribution in [0.2, 0.25) is 0 Å². The molecule has 1 fully saturated rings. The predicted molar refractivity (Wildman–Crippen MR) is 99.9 cm³/mol. The first kappa shape index (κ1) is 18.5. The molecule has 0 N–H and O–H groups in total. The van der Waals surface area contributed by atoms with E-state index in [1.807, 2.05) is 30.3 Å². The van der Waals surface area contributed by atoms with Crippen LogP contribution in [0, 0.1) is 5.82 Å². The zero-order chi connectivity index (χ0) is 18.4. The van der Waals surface area contributed by atoms with Crippen molar-refractivity contribution < 1.29 is 14.0 Å². The standard InChI is InChI=1S/C22H24FNO2/c23-19-13-11-18(12-14-19)22(26)20-9-4-5-15-24(20)16-6-10-21(25)17-7-2-1-3-8-17/h1-3,7-8,11-14,20H,4-6,9-10,15-16H2. The number of ketones is 2. The van der Waals surface area contributed by atoms with Crippen LogP contribution < -0.4 is 0 Å². The summed E-state index contributed by atoms with van der Waals surface area (Å²) >= 11 is 0. The Bertz CT molecular complexity index is 742. The van der Waals surface area contributed by atoms with Crippen molar-refractivity contribution in [2.24, 2.45) is 0 Å². The van der Waals surface area contributed by atoms with Crippen molar-refractivity contribution in [1.82, 2.24) is 4.90 Å². The summed E-state index contributed by atoms with van der Waals surface area (Å²) in [6.07, 6.45) is 4.14. The summed E-state index contributed by atoms with van der Waals surface area (Å²) in [6.45, 7) is 1.60. The molecule has 3 rings (SSSR count). The first-order chi connectivity index (χ1) is 12.6. The maximum atomic E-state index is 13.1. The Balaban J connectivity index is 1.57. The van der Waals surface area contributed by atoms with E-state index in [0.29, 0.717) is 12.0 Å². The number of piperidine rings is 1. The van der Waals surface area contributed by atoms with Gasteiger partial charge in [-0.1, -0.05) is 36.8 Å². The predicted octanol–water partition coefficient (Wildman–Crippen LogP) is 4.53. The highest BCUT2D eigenvalue weighted by molar-refractivity contribution is 6.00. The molecule has 0 bridgehead atoms. The largest absolute Gasteiger partial charge is 0.294 e. The quantitative estimate of drug-likeness (QED) is 0.687. The average Bonchev–Trinajstić information content (AvgIpc) is 2.69. The molecule has 0 aliphatic carbocycles. The fourth-order valence-corrected chi connectivity index (χ4v) is 3.57. The van der Waals surface area contributed by atoms with Crippen LogP contribution in [0.3, 0.4) is 0 Å².